The van der Waals surface area contributed by atoms with E-state index in [9.17, 15) is 71.1 Å². The normalized spacial score (nSPS) is 19.7. The quantitative estimate of drug-likeness (QED) is 0.0138. The molecule has 0 radical (unpaired) electrons. The zero-order chi connectivity index (χ0) is 63.1. The smallest absolute Gasteiger partial charge is 0.333 e. The SMILES string of the molecule is CCCC[N+]1=C(/C=C/C2=CC(=C/C=C3/N(CCC)c4cc(S(=O)(=O)O)c5ccc(S(=O)(=O)O)cc5c4C3(C)C)/CC(C(=O)NCCCCCC(=O)ON3C(=O)CCC3=O)(C(=O)NCCS(=O)(=O)O)C2)C(C)(C)c2c1ccc1ccc(S(=O)(=O)O)cc21. The van der Waals surface area contributed by atoms with E-state index in [4.69, 9.17) is 4.84 Å². The summed E-state index contributed by atoms with van der Waals surface area (Å²) in [7, 11) is -19.0. The number of nitrogens with one attached hydrogen (secondary N) is 2. The van der Waals surface area contributed by atoms with Crippen LogP contribution < -0.4 is 15.5 Å². The van der Waals surface area contributed by atoms with Crippen LogP contribution in [0.25, 0.3) is 21.5 Å². The van der Waals surface area contributed by atoms with Crippen molar-refractivity contribution in [3.8, 4) is 0 Å². The van der Waals surface area contributed by atoms with Crippen LogP contribution in [0.2, 0.25) is 0 Å². The number of hydrogen-bond acceptors (Lipinski definition) is 15. The van der Waals surface area contributed by atoms with Crippen molar-refractivity contribution in [1.82, 2.24) is 15.7 Å². The summed E-state index contributed by atoms with van der Waals surface area (Å²) < 4.78 is 143. The molecule has 6 N–H and O–H groups in total. The number of hydroxylamine groups is 2. The highest BCUT2D eigenvalue weighted by Crippen LogP contribution is 2.53. The van der Waals surface area contributed by atoms with Gasteiger partial charge in [-0.2, -0.15) is 38.2 Å². The molecule has 0 aromatic heterocycles. The van der Waals surface area contributed by atoms with Crippen LogP contribution in [0.3, 0.4) is 0 Å². The average Bonchev–Trinajstić information content (AvgIpc) is 1.55. The topological polar surface area (TPSA) is 346 Å². The van der Waals surface area contributed by atoms with Crippen LogP contribution in [-0.2, 0) is 80.1 Å². The third-order valence-electron chi connectivity index (χ3n) is 16.1. The van der Waals surface area contributed by atoms with Crippen LogP contribution >= 0.6 is 0 Å². The molecule has 3 heterocycles. The number of hydrogen-bond donors (Lipinski definition) is 6. The van der Waals surface area contributed by atoms with Crippen molar-refractivity contribution >= 4 is 109 Å². The Morgan fingerprint density at radius 3 is 1.92 bits per heavy atom. The molecule has 1 fully saturated rings. The molecule has 0 bridgehead atoms. The monoisotopic (exact) mass is 1260 g/mol. The molecule has 27 heteroatoms. The molecule has 3 aliphatic heterocycles. The first-order chi connectivity index (χ1) is 40.1. The summed E-state index contributed by atoms with van der Waals surface area (Å²) in [6, 6.07) is 12.8. The molecule has 4 aliphatic rings. The third-order valence-corrected chi connectivity index (χ3v) is 19.4. The zero-order valence-electron chi connectivity index (χ0n) is 48.4. The summed E-state index contributed by atoms with van der Waals surface area (Å²) in [6.07, 6.45) is 10.8. The summed E-state index contributed by atoms with van der Waals surface area (Å²) in [5.74, 6) is -4.60. The number of rotatable bonds is 23. The van der Waals surface area contributed by atoms with Crippen molar-refractivity contribution in [1.29, 1.82) is 0 Å². The molecular weight excluding hydrogens is 1190 g/mol. The summed E-state index contributed by atoms with van der Waals surface area (Å²) in [6.45, 7) is 11.7. The Balaban J connectivity index is 1.25. The number of fused-ring (bicyclic) bond motifs is 6. The molecule has 1 unspecified atom stereocenters. The Kier molecular flexibility index (Phi) is 18.6. The number of imide groups is 1. The van der Waals surface area contributed by atoms with Gasteiger partial charge in [-0.05, 0) is 121 Å². The van der Waals surface area contributed by atoms with Crippen LogP contribution in [0, 0.1) is 5.41 Å². The van der Waals surface area contributed by atoms with Crippen molar-refractivity contribution < 1.29 is 85.3 Å². The van der Waals surface area contributed by atoms with E-state index in [0.29, 0.717) is 57.9 Å². The lowest BCUT2D eigenvalue weighted by molar-refractivity contribution is -0.438. The Bertz CT molecular complexity index is 4130. The van der Waals surface area contributed by atoms with E-state index >= 15 is 4.79 Å². The van der Waals surface area contributed by atoms with Gasteiger partial charge in [-0.3, -0.25) is 37.4 Å². The molecule has 4 amide bonds. The number of nitrogens with zero attached hydrogens (tertiary/aromatic N) is 3. The van der Waals surface area contributed by atoms with E-state index < -0.39 is 108 Å². The summed E-state index contributed by atoms with van der Waals surface area (Å²) in [5.41, 5.74) is 0.486. The lowest BCUT2D eigenvalue weighted by Gasteiger charge is -2.35. The maximum atomic E-state index is 15.1. The highest BCUT2D eigenvalue weighted by atomic mass is 32.2. The molecule has 0 saturated carbocycles. The second kappa shape index (κ2) is 24.7. The van der Waals surface area contributed by atoms with E-state index in [1.54, 1.807) is 30.4 Å². The summed E-state index contributed by atoms with van der Waals surface area (Å²) in [5, 5.41) is 7.29. The maximum Gasteiger partial charge on any atom is 0.333 e. The van der Waals surface area contributed by atoms with Gasteiger partial charge in [-0.15, -0.1) is 5.06 Å². The average molecular weight is 1270 g/mol. The predicted octanol–water partition coefficient (Wildman–Crippen LogP) is 7.48. The van der Waals surface area contributed by atoms with Crippen molar-refractivity contribution in [3.63, 3.8) is 0 Å². The largest absolute Gasteiger partial charge is 0.355 e. The van der Waals surface area contributed by atoms with Crippen molar-refractivity contribution in [3.05, 3.63) is 113 Å². The van der Waals surface area contributed by atoms with Crippen LogP contribution in [0.15, 0.2) is 117 Å². The molecule has 23 nitrogen and oxygen atoms in total. The summed E-state index contributed by atoms with van der Waals surface area (Å²) in [4.78, 5) is 72.0. The molecule has 1 aliphatic carbocycles. The van der Waals surface area contributed by atoms with Gasteiger partial charge in [-0.1, -0.05) is 70.9 Å². The van der Waals surface area contributed by atoms with Gasteiger partial charge >= 0.3 is 5.97 Å². The van der Waals surface area contributed by atoms with Crippen LogP contribution in [0.4, 0.5) is 11.4 Å². The van der Waals surface area contributed by atoms with Gasteiger partial charge in [0.05, 0.1) is 21.0 Å². The Morgan fingerprint density at radius 1 is 0.674 bits per heavy atom. The Morgan fingerprint density at radius 2 is 1.30 bits per heavy atom. The molecule has 4 aromatic rings. The third kappa shape index (κ3) is 13.4. The first-order valence-electron chi connectivity index (χ1n) is 28.1. The fourth-order valence-corrected chi connectivity index (χ4v) is 14.1. The standard InChI is InChI=1S/C59H69N5O18S4/c1-7-9-29-63-45-21-17-39-16-18-40(84(73,74)75)32-43(39)53(45)57(3,4)49(63)23-15-38-31-37(14-22-48-58(5,6)54-44-33-41(85(76,77)78)19-20-42(44)47(86(79,80)81)34-46(54)62(48)28-8-2)35-59(36-38,56(69)61-27-30-83(70,71)72)55(68)60-26-12-10-11-13-52(67)82-64-50(65)24-25-51(64)66/h14-23,31-34H,7-13,24-30,35-36H2,1-6H3,(H5-,60,61,68,69,70,71,72,73,74,75,76,77,78,79,80,81)/p+1. The van der Waals surface area contributed by atoms with Crippen LogP contribution in [0.1, 0.15) is 123 Å². The molecule has 1 saturated heterocycles. The summed E-state index contributed by atoms with van der Waals surface area (Å²) >= 11 is 0. The molecule has 4 aromatic carbocycles. The van der Waals surface area contributed by atoms with E-state index in [1.807, 2.05) is 64.7 Å². The number of amides is 4. The van der Waals surface area contributed by atoms with Crippen molar-refractivity contribution in [2.24, 2.45) is 5.41 Å². The fraction of sp³-hybridized carbons (Fsp3) is 0.424. The molecular formula is C59H70N5O18S4+. The zero-order valence-corrected chi connectivity index (χ0v) is 51.6. The molecule has 86 heavy (non-hydrogen) atoms. The highest BCUT2D eigenvalue weighted by Gasteiger charge is 2.50. The molecule has 0 spiro atoms. The van der Waals surface area contributed by atoms with Gasteiger partial charge in [0.15, 0.2) is 5.71 Å². The highest BCUT2D eigenvalue weighted by molar-refractivity contribution is 7.86. The number of benzene rings is 4. The van der Waals surface area contributed by atoms with Gasteiger partial charge in [0.2, 0.25) is 17.5 Å². The van der Waals surface area contributed by atoms with Gasteiger partial charge in [0.25, 0.3) is 52.3 Å². The maximum absolute atomic E-state index is 15.1. The minimum Gasteiger partial charge on any atom is -0.355 e. The van der Waals surface area contributed by atoms with Crippen molar-refractivity contribution in [2.75, 3.05) is 36.8 Å². The molecule has 8 rings (SSSR count). The van der Waals surface area contributed by atoms with Gasteiger partial charge in [-0.25, -0.2) is 4.79 Å². The minimum absolute atomic E-state index is 0.0173. The number of carbonyl (C=O) groups excluding carboxylic acids is 5. The van der Waals surface area contributed by atoms with Crippen molar-refractivity contribution in [2.45, 2.75) is 138 Å². The molecule has 1 atom stereocenters. The molecule has 462 valence electrons. The Labute approximate surface area is 499 Å². The van der Waals surface area contributed by atoms with Gasteiger partial charge in [0.1, 0.15) is 16.9 Å². The number of carbonyl (C=O) groups is 5. The van der Waals surface area contributed by atoms with Crippen LogP contribution in [-0.4, -0.2) is 129 Å². The van der Waals surface area contributed by atoms with E-state index in [-0.39, 0.29) is 73.7 Å². The van der Waals surface area contributed by atoms with E-state index in [1.165, 1.54) is 24.3 Å². The number of allylic oxidation sites excluding steroid dienone is 8. The van der Waals surface area contributed by atoms with E-state index in [2.05, 4.69) is 15.2 Å². The lowest BCUT2D eigenvalue weighted by Crippen LogP contribution is -2.53. The first-order valence-corrected chi connectivity index (χ1v) is 34.0. The van der Waals surface area contributed by atoms with Crippen LogP contribution in [0.5, 0.6) is 0 Å². The van der Waals surface area contributed by atoms with Gasteiger partial charge < -0.3 is 20.4 Å². The lowest BCUT2D eigenvalue weighted by atomic mass is 9.70. The van der Waals surface area contributed by atoms with Gasteiger partial charge in [0, 0.05) is 85.2 Å². The number of unbranched alkanes of at least 4 members (excludes halogenated alkanes) is 3. The second-order valence-electron chi connectivity index (χ2n) is 23.0. The second-order valence-corrected chi connectivity index (χ2v) is 28.8. The first kappa shape index (κ1) is 65.0. The Hall–Kier alpha value is -6.98. The number of anilines is 1. The minimum atomic E-state index is -4.94. The fourth-order valence-electron chi connectivity index (χ4n) is 12.1. The predicted molar refractivity (Wildman–Crippen MR) is 319 cm³/mol. The van der Waals surface area contributed by atoms with E-state index in [0.717, 1.165) is 47.3 Å².